The van der Waals surface area contributed by atoms with Gasteiger partial charge in [0.1, 0.15) is 11.5 Å². The third-order valence-corrected chi connectivity index (χ3v) is 4.78. The number of hydrogen-bond acceptors (Lipinski definition) is 5. The highest BCUT2D eigenvalue weighted by atomic mass is 19.1. The topological polar surface area (TPSA) is 78.4 Å². The maximum Gasteiger partial charge on any atom is 0.335 e. The molecule has 4 rings (SSSR count). The molecule has 1 aliphatic heterocycles. The number of hydrogen-bond donors (Lipinski definition) is 2. The van der Waals surface area contributed by atoms with Crippen molar-refractivity contribution in [3.05, 3.63) is 53.8 Å². The Morgan fingerprint density at radius 1 is 1.19 bits per heavy atom. The van der Waals surface area contributed by atoms with E-state index in [1.165, 1.54) is 24.3 Å². The van der Waals surface area contributed by atoms with Crippen molar-refractivity contribution in [3.8, 4) is 11.3 Å². The fourth-order valence-corrected chi connectivity index (χ4v) is 3.34. The molecule has 1 fully saturated rings. The Hall–Kier alpha value is -3.06. The first-order valence-electron chi connectivity index (χ1n) is 8.81. The Morgan fingerprint density at radius 2 is 1.96 bits per heavy atom. The molecule has 0 saturated carbocycles. The van der Waals surface area contributed by atoms with E-state index >= 15 is 0 Å². The molecule has 7 heteroatoms. The van der Waals surface area contributed by atoms with Crippen molar-refractivity contribution >= 4 is 22.8 Å². The predicted molar refractivity (Wildman–Crippen MR) is 102 cm³/mol. The predicted octanol–water partition coefficient (Wildman–Crippen LogP) is 2.93. The van der Waals surface area contributed by atoms with Crippen LogP contribution in [0.5, 0.6) is 0 Å². The monoisotopic (exact) mass is 366 g/mol. The van der Waals surface area contributed by atoms with Gasteiger partial charge in [0.25, 0.3) is 0 Å². The minimum Gasteiger partial charge on any atom is -0.478 e. The smallest absolute Gasteiger partial charge is 0.335 e. The molecule has 0 spiro atoms. The summed E-state index contributed by atoms with van der Waals surface area (Å²) in [7, 11) is 0. The van der Waals surface area contributed by atoms with Gasteiger partial charge in [-0.3, -0.25) is 0 Å². The fourth-order valence-electron chi connectivity index (χ4n) is 3.34. The second-order valence-corrected chi connectivity index (χ2v) is 6.66. The zero-order chi connectivity index (χ0) is 19.0. The summed E-state index contributed by atoms with van der Waals surface area (Å²) in [6.45, 7) is 4.49. The van der Waals surface area contributed by atoms with Gasteiger partial charge in [0.15, 0.2) is 5.82 Å². The van der Waals surface area contributed by atoms with E-state index in [1.807, 2.05) is 0 Å². The Kier molecular flexibility index (Phi) is 4.45. The van der Waals surface area contributed by atoms with Gasteiger partial charge in [0, 0.05) is 31.2 Å². The number of nitrogens with zero attached hydrogens (tertiary/aromatic N) is 3. The van der Waals surface area contributed by atoms with Crippen LogP contribution in [0.15, 0.2) is 42.5 Å². The first-order valence-corrected chi connectivity index (χ1v) is 8.81. The zero-order valence-electron chi connectivity index (χ0n) is 14.8. The molecule has 0 amide bonds. The molecule has 0 bridgehead atoms. The van der Waals surface area contributed by atoms with Crippen LogP contribution in [0.3, 0.4) is 0 Å². The number of carboxylic acids is 1. The van der Waals surface area contributed by atoms with E-state index in [4.69, 9.17) is 9.97 Å². The fraction of sp³-hybridized carbons (Fsp3) is 0.250. The summed E-state index contributed by atoms with van der Waals surface area (Å²) in [6, 6.07) is 11.1. The second-order valence-electron chi connectivity index (χ2n) is 6.66. The minimum absolute atomic E-state index is 0.172. The molecule has 0 unspecified atom stereocenters. The lowest BCUT2D eigenvalue weighted by Crippen LogP contribution is -2.50. The van der Waals surface area contributed by atoms with Crippen LogP contribution < -0.4 is 10.2 Å². The Labute approximate surface area is 155 Å². The molecule has 0 aliphatic carbocycles. The number of fused-ring (bicyclic) bond motifs is 1. The molecule has 1 aliphatic rings. The summed E-state index contributed by atoms with van der Waals surface area (Å²) in [6.07, 6.45) is 0. The largest absolute Gasteiger partial charge is 0.478 e. The highest BCUT2D eigenvalue weighted by Gasteiger charge is 2.24. The molecule has 6 nitrogen and oxygen atoms in total. The zero-order valence-corrected chi connectivity index (χ0v) is 14.8. The van der Waals surface area contributed by atoms with Gasteiger partial charge in [-0.1, -0.05) is 0 Å². The van der Waals surface area contributed by atoms with Crippen LogP contribution in [0, 0.1) is 5.82 Å². The van der Waals surface area contributed by atoms with Crippen LogP contribution in [0.2, 0.25) is 0 Å². The highest BCUT2D eigenvalue weighted by Crippen LogP contribution is 2.31. The lowest BCUT2D eigenvalue weighted by atomic mass is 10.1. The van der Waals surface area contributed by atoms with Gasteiger partial charge in [0.05, 0.1) is 16.6 Å². The van der Waals surface area contributed by atoms with E-state index in [2.05, 4.69) is 17.1 Å². The van der Waals surface area contributed by atoms with Crippen molar-refractivity contribution in [1.82, 2.24) is 15.3 Å². The minimum atomic E-state index is -1.00. The number of anilines is 1. The van der Waals surface area contributed by atoms with Gasteiger partial charge in [-0.05, 0) is 49.4 Å². The van der Waals surface area contributed by atoms with Gasteiger partial charge < -0.3 is 15.3 Å². The van der Waals surface area contributed by atoms with Gasteiger partial charge in [-0.15, -0.1) is 0 Å². The molecule has 1 saturated heterocycles. The summed E-state index contributed by atoms with van der Waals surface area (Å²) < 4.78 is 13.4. The van der Waals surface area contributed by atoms with Crippen LogP contribution in [-0.4, -0.2) is 46.7 Å². The molecule has 2 aromatic carbocycles. The van der Waals surface area contributed by atoms with Crippen LogP contribution in [0.25, 0.3) is 22.3 Å². The molecular weight excluding hydrogens is 347 g/mol. The van der Waals surface area contributed by atoms with E-state index in [-0.39, 0.29) is 17.4 Å². The molecule has 3 aromatic rings. The number of aromatic nitrogens is 2. The van der Waals surface area contributed by atoms with Crippen molar-refractivity contribution in [1.29, 1.82) is 0 Å². The average Bonchev–Trinajstić information content (AvgIpc) is 2.67. The third-order valence-electron chi connectivity index (χ3n) is 4.78. The number of piperazine rings is 1. The number of nitrogens with one attached hydrogen (secondary N) is 1. The average molecular weight is 366 g/mol. The number of carboxylic acid groups (broad SMARTS) is 1. The molecule has 27 heavy (non-hydrogen) atoms. The van der Waals surface area contributed by atoms with E-state index in [0.717, 1.165) is 25.2 Å². The number of carbonyl (C=O) groups is 1. The molecule has 0 radical (unpaired) electrons. The first-order chi connectivity index (χ1) is 13.0. The van der Waals surface area contributed by atoms with Crippen LogP contribution in [0.1, 0.15) is 17.3 Å². The van der Waals surface area contributed by atoms with Gasteiger partial charge >= 0.3 is 5.97 Å². The van der Waals surface area contributed by atoms with Crippen LogP contribution in [-0.2, 0) is 0 Å². The summed E-state index contributed by atoms with van der Waals surface area (Å²) in [5.74, 6) is -0.625. The standard InChI is InChI=1S/C20H19FN4O2/c1-12-11-22-8-9-25(12)19-18(13-2-5-15(21)6-3-13)23-16-7-4-14(20(26)27)10-17(16)24-19/h2-7,10,12,22H,8-9,11H2,1H3,(H,26,27)/t12-/m0/s1. The SMILES string of the molecule is C[C@H]1CNCCN1c1nc2cc(C(=O)O)ccc2nc1-c1ccc(F)cc1. The Balaban J connectivity index is 1.93. The first kappa shape index (κ1) is 17.4. The Morgan fingerprint density at radius 3 is 2.67 bits per heavy atom. The third kappa shape index (κ3) is 3.33. The number of benzene rings is 2. The van der Waals surface area contributed by atoms with Crippen molar-refractivity contribution in [2.24, 2.45) is 0 Å². The maximum absolute atomic E-state index is 13.4. The van der Waals surface area contributed by atoms with E-state index in [1.54, 1.807) is 18.2 Å². The summed E-state index contributed by atoms with van der Waals surface area (Å²) >= 11 is 0. The number of aromatic carboxylic acids is 1. The summed E-state index contributed by atoms with van der Waals surface area (Å²) in [5, 5.41) is 12.6. The van der Waals surface area contributed by atoms with E-state index < -0.39 is 5.97 Å². The van der Waals surface area contributed by atoms with Gasteiger partial charge in [-0.2, -0.15) is 0 Å². The van der Waals surface area contributed by atoms with Crippen molar-refractivity contribution in [3.63, 3.8) is 0 Å². The van der Waals surface area contributed by atoms with Crippen LogP contribution in [0.4, 0.5) is 10.2 Å². The van der Waals surface area contributed by atoms with E-state index in [9.17, 15) is 14.3 Å². The maximum atomic E-state index is 13.4. The number of halogens is 1. The molecular formula is C20H19FN4O2. The Bertz CT molecular complexity index is 1010. The molecule has 2 heterocycles. The summed E-state index contributed by atoms with van der Waals surface area (Å²) in [5.41, 5.74) is 2.74. The molecule has 2 N–H and O–H groups in total. The van der Waals surface area contributed by atoms with Gasteiger partial charge in [-0.25, -0.2) is 19.2 Å². The van der Waals surface area contributed by atoms with E-state index in [0.29, 0.717) is 22.5 Å². The van der Waals surface area contributed by atoms with Crippen molar-refractivity contribution < 1.29 is 14.3 Å². The lowest BCUT2D eigenvalue weighted by Gasteiger charge is -2.35. The highest BCUT2D eigenvalue weighted by molar-refractivity contribution is 5.93. The summed E-state index contributed by atoms with van der Waals surface area (Å²) in [4.78, 5) is 23.0. The second kappa shape index (κ2) is 6.92. The quantitative estimate of drug-likeness (QED) is 0.742. The van der Waals surface area contributed by atoms with Crippen LogP contribution >= 0.6 is 0 Å². The van der Waals surface area contributed by atoms with Crippen molar-refractivity contribution in [2.75, 3.05) is 24.5 Å². The van der Waals surface area contributed by atoms with Gasteiger partial charge in [0.2, 0.25) is 0 Å². The van der Waals surface area contributed by atoms with Crippen molar-refractivity contribution in [2.45, 2.75) is 13.0 Å². The molecule has 1 atom stereocenters. The molecule has 1 aromatic heterocycles. The lowest BCUT2D eigenvalue weighted by molar-refractivity contribution is 0.0697. The molecule has 138 valence electrons. The normalized spacial score (nSPS) is 17.3. The number of rotatable bonds is 3.